The van der Waals surface area contributed by atoms with E-state index in [0.717, 1.165) is 33.3 Å². The van der Waals surface area contributed by atoms with E-state index in [9.17, 15) is 4.79 Å². The molecule has 0 amide bonds. The van der Waals surface area contributed by atoms with Crippen molar-refractivity contribution in [1.82, 2.24) is 0 Å². The van der Waals surface area contributed by atoms with E-state index in [0.29, 0.717) is 6.42 Å². The fourth-order valence-corrected chi connectivity index (χ4v) is 3.36. The Bertz CT molecular complexity index is 901. The molecule has 1 atom stereocenters. The number of Topliss-reactive ketones (excluding diaryl/α,β-unsaturated/α-hetero) is 1. The zero-order valence-electron chi connectivity index (χ0n) is 12.9. The molecule has 3 aromatic carbocycles. The number of benzene rings is 3. The summed E-state index contributed by atoms with van der Waals surface area (Å²) in [5, 5.41) is 5.62. The molecule has 0 aliphatic carbocycles. The van der Waals surface area contributed by atoms with Crippen LogP contribution < -0.4 is 10.1 Å². The number of fused-ring (bicyclic) bond motifs is 3. The zero-order chi connectivity index (χ0) is 15.8. The first-order chi connectivity index (χ1) is 11.3. The molecule has 0 bridgehead atoms. The first-order valence-corrected chi connectivity index (χ1v) is 7.72. The largest absolute Gasteiger partial charge is 0.496 e. The number of carbonyl (C=O) groups is 1. The normalized spacial score (nSPS) is 16.7. The molecular weight excluding hydrogens is 286 g/mol. The number of ether oxygens (including phenoxy) is 1. The summed E-state index contributed by atoms with van der Waals surface area (Å²) in [6.07, 6.45) is 0.432. The Morgan fingerprint density at radius 1 is 1.00 bits per heavy atom. The third-order valence-electron chi connectivity index (χ3n) is 4.44. The van der Waals surface area contributed by atoms with Gasteiger partial charge in [-0.3, -0.25) is 4.79 Å². The van der Waals surface area contributed by atoms with Crippen LogP contribution in [0.5, 0.6) is 5.75 Å². The fraction of sp³-hybridized carbons (Fsp3) is 0.150. The maximum atomic E-state index is 12.8. The highest BCUT2D eigenvalue weighted by Gasteiger charge is 2.28. The van der Waals surface area contributed by atoms with Crippen LogP contribution >= 0.6 is 0 Å². The van der Waals surface area contributed by atoms with E-state index in [1.165, 1.54) is 0 Å². The second kappa shape index (κ2) is 5.43. The quantitative estimate of drug-likeness (QED) is 0.752. The van der Waals surface area contributed by atoms with Crippen LogP contribution in [-0.2, 0) is 0 Å². The average Bonchev–Trinajstić information content (AvgIpc) is 2.61. The highest BCUT2D eigenvalue weighted by Crippen LogP contribution is 2.39. The predicted octanol–water partition coefficient (Wildman–Crippen LogP) is 4.59. The number of rotatable bonds is 2. The first-order valence-electron chi connectivity index (χ1n) is 7.72. The third kappa shape index (κ3) is 2.25. The minimum atomic E-state index is -0.0627. The summed E-state index contributed by atoms with van der Waals surface area (Å²) in [5.41, 5.74) is 2.72. The van der Waals surface area contributed by atoms with Crippen molar-refractivity contribution < 1.29 is 9.53 Å². The van der Waals surface area contributed by atoms with Gasteiger partial charge in [-0.25, -0.2) is 0 Å². The Hall–Kier alpha value is -2.81. The highest BCUT2D eigenvalue weighted by atomic mass is 16.5. The molecule has 0 saturated carbocycles. The number of ketones is 1. The summed E-state index contributed by atoms with van der Waals surface area (Å²) in [7, 11) is 1.66. The van der Waals surface area contributed by atoms with Crippen molar-refractivity contribution in [2.45, 2.75) is 12.5 Å². The van der Waals surface area contributed by atoms with Gasteiger partial charge in [0.05, 0.1) is 13.2 Å². The molecule has 0 aromatic heterocycles. The maximum Gasteiger partial charge on any atom is 0.167 e. The molecule has 0 fully saturated rings. The van der Waals surface area contributed by atoms with Gasteiger partial charge in [0.15, 0.2) is 5.78 Å². The van der Waals surface area contributed by atoms with E-state index >= 15 is 0 Å². The topological polar surface area (TPSA) is 38.3 Å². The summed E-state index contributed by atoms with van der Waals surface area (Å²) in [5.74, 6) is 0.980. The van der Waals surface area contributed by atoms with Crippen LogP contribution in [0.4, 0.5) is 5.69 Å². The molecule has 4 rings (SSSR count). The molecule has 0 spiro atoms. The van der Waals surface area contributed by atoms with Crippen LogP contribution in [0, 0.1) is 0 Å². The Balaban J connectivity index is 1.81. The Morgan fingerprint density at radius 2 is 1.78 bits per heavy atom. The van der Waals surface area contributed by atoms with Gasteiger partial charge < -0.3 is 10.1 Å². The van der Waals surface area contributed by atoms with E-state index in [1.54, 1.807) is 7.11 Å². The number of carbonyl (C=O) groups excluding carboxylic acids is 1. The number of nitrogens with one attached hydrogen (secondary N) is 1. The van der Waals surface area contributed by atoms with E-state index in [4.69, 9.17) is 4.74 Å². The molecule has 3 aromatic rings. The third-order valence-corrected chi connectivity index (χ3v) is 4.44. The average molecular weight is 303 g/mol. The van der Waals surface area contributed by atoms with Crippen molar-refractivity contribution in [2.24, 2.45) is 0 Å². The second-order valence-corrected chi connectivity index (χ2v) is 5.78. The van der Waals surface area contributed by atoms with Crippen molar-refractivity contribution >= 4 is 22.2 Å². The Morgan fingerprint density at radius 3 is 2.65 bits per heavy atom. The second-order valence-electron chi connectivity index (χ2n) is 5.78. The SMILES string of the molecule is COc1ccccc1C1CC(=O)c2c(ccc3ccccc23)N1. The van der Waals surface area contributed by atoms with Gasteiger partial charge in [0, 0.05) is 23.2 Å². The molecule has 1 heterocycles. The van der Waals surface area contributed by atoms with Gasteiger partial charge in [0.1, 0.15) is 5.75 Å². The van der Waals surface area contributed by atoms with E-state index in [-0.39, 0.29) is 11.8 Å². The van der Waals surface area contributed by atoms with Gasteiger partial charge in [-0.2, -0.15) is 0 Å². The van der Waals surface area contributed by atoms with Crippen LogP contribution in [0.1, 0.15) is 28.4 Å². The molecule has 1 unspecified atom stereocenters. The lowest BCUT2D eigenvalue weighted by Gasteiger charge is -2.28. The summed E-state index contributed by atoms with van der Waals surface area (Å²) >= 11 is 0. The van der Waals surface area contributed by atoms with Gasteiger partial charge in [-0.1, -0.05) is 48.5 Å². The first kappa shape index (κ1) is 13.8. The number of hydrogen-bond donors (Lipinski definition) is 1. The molecule has 3 nitrogen and oxygen atoms in total. The van der Waals surface area contributed by atoms with Crippen LogP contribution in [0.2, 0.25) is 0 Å². The molecule has 1 aliphatic rings. The molecule has 0 radical (unpaired) electrons. The van der Waals surface area contributed by atoms with Crippen molar-refractivity contribution in [3.8, 4) is 5.75 Å². The predicted molar refractivity (Wildman–Crippen MR) is 92.3 cm³/mol. The van der Waals surface area contributed by atoms with Gasteiger partial charge in [-0.05, 0) is 22.9 Å². The maximum absolute atomic E-state index is 12.8. The monoisotopic (exact) mass is 303 g/mol. The molecule has 1 aliphatic heterocycles. The minimum Gasteiger partial charge on any atom is -0.496 e. The summed E-state index contributed by atoms with van der Waals surface area (Å²) in [6.45, 7) is 0. The van der Waals surface area contributed by atoms with Crippen LogP contribution in [-0.4, -0.2) is 12.9 Å². The molecule has 3 heteroatoms. The molecule has 1 N–H and O–H groups in total. The summed E-state index contributed by atoms with van der Waals surface area (Å²) in [4.78, 5) is 12.8. The van der Waals surface area contributed by atoms with Gasteiger partial charge in [0.25, 0.3) is 0 Å². The van der Waals surface area contributed by atoms with Gasteiger partial charge in [-0.15, -0.1) is 0 Å². The van der Waals surface area contributed by atoms with Gasteiger partial charge >= 0.3 is 0 Å². The Labute approximate surface area is 134 Å². The lowest BCUT2D eigenvalue weighted by atomic mass is 9.89. The lowest BCUT2D eigenvalue weighted by molar-refractivity contribution is 0.0973. The Kier molecular flexibility index (Phi) is 3.27. The molecule has 0 saturated heterocycles. The highest BCUT2D eigenvalue weighted by molar-refractivity contribution is 6.14. The van der Waals surface area contributed by atoms with E-state index in [1.807, 2.05) is 54.6 Å². The zero-order valence-corrected chi connectivity index (χ0v) is 12.9. The van der Waals surface area contributed by atoms with Crippen molar-refractivity contribution in [3.63, 3.8) is 0 Å². The standard InChI is InChI=1S/C20H17NO2/c1-23-19-9-5-4-8-15(19)17-12-18(22)20-14-7-3-2-6-13(14)10-11-16(20)21-17/h2-11,17,21H,12H2,1H3. The smallest absolute Gasteiger partial charge is 0.167 e. The van der Waals surface area contributed by atoms with Gasteiger partial charge in [0.2, 0.25) is 0 Å². The number of para-hydroxylation sites is 1. The number of hydrogen-bond acceptors (Lipinski definition) is 3. The minimum absolute atomic E-state index is 0.0627. The van der Waals surface area contributed by atoms with Crippen LogP contribution in [0.3, 0.4) is 0 Å². The molecular formula is C20H17NO2. The lowest BCUT2D eigenvalue weighted by Crippen LogP contribution is -2.23. The van der Waals surface area contributed by atoms with Crippen molar-refractivity contribution in [2.75, 3.05) is 12.4 Å². The van der Waals surface area contributed by atoms with Crippen LogP contribution in [0.15, 0.2) is 60.7 Å². The number of methoxy groups -OCH3 is 1. The van der Waals surface area contributed by atoms with E-state index in [2.05, 4.69) is 11.4 Å². The summed E-state index contributed by atoms with van der Waals surface area (Å²) < 4.78 is 5.44. The molecule has 114 valence electrons. The summed E-state index contributed by atoms with van der Waals surface area (Å²) in [6, 6.07) is 19.9. The number of anilines is 1. The fourth-order valence-electron chi connectivity index (χ4n) is 3.36. The van der Waals surface area contributed by atoms with Crippen LogP contribution in [0.25, 0.3) is 10.8 Å². The van der Waals surface area contributed by atoms with E-state index < -0.39 is 0 Å². The molecule has 23 heavy (non-hydrogen) atoms. The van der Waals surface area contributed by atoms with Crippen molar-refractivity contribution in [1.29, 1.82) is 0 Å². The van der Waals surface area contributed by atoms with Crippen molar-refractivity contribution in [3.05, 3.63) is 71.8 Å².